The zero-order chi connectivity index (χ0) is 9.59. The fraction of sp³-hybridized carbons (Fsp3) is 0. The van der Waals surface area contributed by atoms with Gasteiger partial charge >= 0.3 is 0 Å². The molecule has 0 saturated carbocycles. The third kappa shape index (κ3) is 0.868. The van der Waals surface area contributed by atoms with Crippen LogP contribution in [0.4, 0.5) is 0 Å². The lowest BCUT2D eigenvalue weighted by Crippen LogP contribution is -2.20. The van der Waals surface area contributed by atoms with Gasteiger partial charge in [-0.3, -0.25) is 10.8 Å². The molecule has 0 bridgehead atoms. The SMILES string of the molecule is N=C1NC(=N)c2c(O)ccc(O)c21. The van der Waals surface area contributed by atoms with Crippen LogP contribution < -0.4 is 5.32 Å². The smallest absolute Gasteiger partial charge is 0.135 e. The van der Waals surface area contributed by atoms with E-state index in [-0.39, 0.29) is 34.3 Å². The molecule has 0 atom stereocenters. The Morgan fingerprint density at radius 1 is 0.923 bits per heavy atom. The zero-order valence-corrected chi connectivity index (χ0v) is 6.55. The second-order valence-electron chi connectivity index (χ2n) is 2.73. The molecule has 1 aliphatic heterocycles. The summed E-state index contributed by atoms with van der Waals surface area (Å²) in [5.41, 5.74) is 0.370. The molecule has 1 aliphatic rings. The Bertz CT molecular complexity index is 387. The van der Waals surface area contributed by atoms with Gasteiger partial charge in [0.1, 0.15) is 23.2 Å². The third-order valence-electron chi connectivity index (χ3n) is 1.91. The van der Waals surface area contributed by atoms with Crippen molar-refractivity contribution in [3.63, 3.8) is 0 Å². The quantitative estimate of drug-likeness (QED) is 0.370. The number of phenols is 2. The third-order valence-corrected chi connectivity index (χ3v) is 1.91. The first-order valence-corrected chi connectivity index (χ1v) is 3.61. The molecule has 1 aromatic rings. The van der Waals surface area contributed by atoms with Gasteiger partial charge in [0.15, 0.2) is 0 Å². The van der Waals surface area contributed by atoms with Gasteiger partial charge in [-0.2, -0.15) is 0 Å². The number of rotatable bonds is 0. The number of hydrogen-bond acceptors (Lipinski definition) is 4. The van der Waals surface area contributed by atoms with E-state index in [0.717, 1.165) is 0 Å². The maximum atomic E-state index is 9.36. The van der Waals surface area contributed by atoms with Crippen molar-refractivity contribution in [2.24, 2.45) is 0 Å². The predicted octanol–water partition coefficient (Wildman–Crippen LogP) is 0.352. The lowest BCUT2D eigenvalue weighted by atomic mass is 10.1. The maximum Gasteiger partial charge on any atom is 0.135 e. The Balaban J connectivity index is 2.81. The van der Waals surface area contributed by atoms with Crippen LogP contribution in [0.2, 0.25) is 0 Å². The van der Waals surface area contributed by atoms with Crippen molar-refractivity contribution < 1.29 is 10.2 Å². The first-order chi connectivity index (χ1) is 6.11. The second-order valence-corrected chi connectivity index (χ2v) is 2.73. The van der Waals surface area contributed by atoms with Gasteiger partial charge in [0, 0.05) is 0 Å². The van der Waals surface area contributed by atoms with E-state index < -0.39 is 0 Å². The van der Waals surface area contributed by atoms with Crippen LogP contribution in [0.25, 0.3) is 0 Å². The summed E-state index contributed by atoms with van der Waals surface area (Å²) in [6.07, 6.45) is 0. The van der Waals surface area contributed by atoms with Crippen molar-refractivity contribution in [3.8, 4) is 11.5 Å². The highest BCUT2D eigenvalue weighted by molar-refractivity contribution is 6.25. The van der Waals surface area contributed by atoms with Gasteiger partial charge in [0.2, 0.25) is 0 Å². The molecular formula is C8H7N3O2. The van der Waals surface area contributed by atoms with Crippen molar-refractivity contribution in [2.45, 2.75) is 0 Å². The minimum Gasteiger partial charge on any atom is -0.507 e. The molecule has 0 spiro atoms. The standard InChI is InChI=1S/C8H7N3O2/c9-7-5-3(12)1-2-4(13)6(5)8(10)11-7/h1-2,12-13H,(H3,9,10,11). The van der Waals surface area contributed by atoms with E-state index in [0.29, 0.717) is 0 Å². The van der Waals surface area contributed by atoms with Crippen molar-refractivity contribution in [2.75, 3.05) is 0 Å². The molecule has 0 amide bonds. The van der Waals surface area contributed by atoms with Crippen LogP contribution in [-0.4, -0.2) is 21.9 Å². The largest absolute Gasteiger partial charge is 0.507 e. The summed E-state index contributed by atoms with van der Waals surface area (Å²) in [5.74, 6) is -0.332. The number of fused-ring (bicyclic) bond motifs is 1. The van der Waals surface area contributed by atoms with Gasteiger partial charge in [-0.15, -0.1) is 0 Å². The van der Waals surface area contributed by atoms with Crippen LogP contribution in [0.1, 0.15) is 11.1 Å². The van der Waals surface area contributed by atoms with Crippen molar-refractivity contribution in [3.05, 3.63) is 23.3 Å². The van der Waals surface area contributed by atoms with Crippen LogP contribution in [0.5, 0.6) is 11.5 Å². The second kappa shape index (κ2) is 2.22. The van der Waals surface area contributed by atoms with E-state index in [9.17, 15) is 10.2 Å². The molecular weight excluding hydrogens is 170 g/mol. The van der Waals surface area contributed by atoms with Gasteiger partial charge in [-0.25, -0.2) is 0 Å². The van der Waals surface area contributed by atoms with Gasteiger partial charge in [-0.05, 0) is 12.1 Å². The highest BCUT2D eigenvalue weighted by Crippen LogP contribution is 2.31. The summed E-state index contributed by atoms with van der Waals surface area (Å²) in [5, 5.41) is 35.9. The highest BCUT2D eigenvalue weighted by Gasteiger charge is 2.27. The molecule has 0 aliphatic carbocycles. The molecule has 1 heterocycles. The molecule has 5 nitrogen and oxygen atoms in total. The molecule has 66 valence electrons. The van der Waals surface area contributed by atoms with Crippen LogP contribution in [0, 0.1) is 10.8 Å². The topological polar surface area (TPSA) is 100 Å². The summed E-state index contributed by atoms with van der Waals surface area (Å²) >= 11 is 0. The summed E-state index contributed by atoms with van der Waals surface area (Å²) < 4.78 is 0. The molecule has 0 unspecified atom stereocenters. The minimum absolute atomic E-state index is 0.0617. The Hall–Kier alpha value is -2.04. The molecule has 0 saturated heterocycles. The summed E-state index contributed by atoms with van der Waals surface area (Å²) in [7, 11) is 0. The lowest BCUT2D eigenvalue weighted by Gasteiger charge is -2.01. The van der Waals surface area contributed by atoms with Gasteiger partial charge in [0.25, 0.3) is 0 Å². The average Bonchev–Trinajstić information content (AvgIpc) is 2.36. The number of hydrogen-bond donors (Lipinski definition) is 5. The summed E-state index contributed by atoms with van der Waals surface area (Å²) in [6, 6.07) is 2.59. The van der Waals surface area contributed by atoms with Crippen molar-refractivity contribution >= 4 is 11.7 Å². The monoisotopic (exact) mass is 177 g/mol. The van der Waals surface area contributed by atoms with Crippen LogP contribution in [0.3, 0.4) is 0 Å². The van der Waals surface area contributed by atoms with E-state index in [1.54, 1.807) is 0 Å². The molecule has 1 aromatic carbocycles. The van der Waals surface area contributed by atoms with Gasteiger partial charge < -0.3 is 15.5 Å². The van der Waals surface area contributed by atoms with Crippen LogP contribution >= 0.6 is 0 Å². The number of amidine groups is 2. The molecule has 0 radical (unpaired) electrons. The molecule has 5 N–H and O–H groups in total. The summed E-state index contributed by atoms with van der Waals surface area (Å²) in [6.45, 7) is 0. The van der Waals surface area contributed by atoms with Gasteiger partial charge in [-0.1, -0.05) is 0 Å². The number of phenolic OH excluding ortho intramolecular Hbond substituents is 2. The zero-order valence-electron chi connectivity index (χ0n) is 6.55. The average molecular weight is 177 g/mol. The first kappa shape index (κ1) is 7.60. The predicted molar refractivity (Wildman–Crippen MR) is 46.6 cm³/mol. The van der Waals surface area contributed by atoms with Crippen molar-refractivity contribution in [1.29, 1.82) is 10.8 Å². The number of nitrogens with one attached hydrogen (secondary N) is 3. The van der Waals surface area contributed by atoms with E-state index in [1.165, 1.54) is 12.1 Å². The highest BCUT2D eigenvalue weighted by atomic mass is 16.3. The molecule has 13 heavy (non-hydrogen) atoms. The Morgan fingerprint density at radius 2 is 1.31 bits per heavy atom. The molecule has 2 rings (SSSR count). The fourth-order valence-corrected chi connectivity index (χ4v) is 1.34. The van der Waals surface area contributed by atoms with Gasteiger partial charge in [0.05, 0.1) is 11.1 Å². The van der Waals surface area contributed by atoms with E-state index >= 15 is 0 Å². The number of benzene rings is 1. The van der Waals surface area contributed by atoms with E-state index in [1.807, 2.05) is 0 Å². The Morgan fingerprint density at radius 3 is 1.69 bits per heavy atom. The van der Waals surface area contributed by atoms with Crippen molar-refractivity contribution in [1.82, 2.24) is 5.32 Å². The summed E-state index contributed by atoms with van der Waals surface area (Å²) in [4.78, 5) is 0. The Labute approximate surface area is 73.7 Å². The molecule has 0 fully saturated rings. The normalized spacial score (nSPS) is 14.2. The van der Waals surface area contributed by atoms with Crippen LogP contribution in [0.15, 0.2) is 12.1 Å². The molecule has 5 heteroatoms. The first-order valence-electron chi connectivity index (χ1n) is 3.61. The minimum atomic E-state index is -0.104. The number of aromatic hydroxyl groups is 2. The van der Waals surface area contributed by atoms with Crippen LogP contribution in [-0.2, 0) is 0 Å². The Kier molecular flexibility index (Phi) is 1.30. The maximum absolute atomic E-state index is 9.36. The lowest BCUT2D eigenvalue weighted by molar-refractivity contribution is 0.459. The fourth-order valence-electron chi connectivity index (χ4n) is 1.34. The van der Waals surface area contributed by atoms with E-state index in [2.05, 4.69) is 5.32 Å². The van der Waals surface area contributed by atoms with E-state index in [4.69, 9.17) is 10.8 Å². The molecule has 0 aromatic heterocycles.